The third kappa shape index (κ3) is 57.7. The van der Waals surface area contributed by atoms with E-state index in [1.807, 2.05) is 0 Å². The number of unbranched alkanes of at least 4 members (excludes halogenated alkanes) is 4. The molecule has 726 valence electrons. The smallest absolute Gasteiger partial charge is 0.408 e. The van der Waals surface area contributed by atoms with Crippen molar-refractivity contribution < 1.29 is 105 Å². The van der Waals surface area contributed by atoms with Crippen LogP contribution in [0.15, 0.2) is 46.7 Å². The highest BCUT2D eigenvalue weighted by molar-refractivity contribution is 8.76. The summed E-state index contributed by atoms with van der Waals surface area (Å²) in [4.78, 5) is 198. The number of hydrogen-bond acceptors (Lipinski definition) is 26. The summed E-state index contributed by atoms with van der Waals surface area (Å²) >= 11 is 0. The molecule has 0 aliphatic heterocycles. The lowest BCUT2D eigenvalue weighted by atomic mass is 10.1. The Bertz CT molecular complexity index is 3400. The molecule has 0 spiro atoms. The average Bonchev–Trinajstić information content (AvgIpc) is 0.847. The number of aromatic nitrogens is 2. The van der Waals surface area contributed by atoms with Crippen molar-refractivity contribution in [2.24, 2.45) is 0 Å². The molecule has 0 fully saturated rings. The van der Waals surface area contributed by atoms with E-state index in [4.69, 9.17) is 37.9 Å². The lowest BCUT2D eigenvalue weighted by molar-refractivity contribution is -0.124. The molecular formula is C88H150N16O22S2. The zero-order valence-electron chi connectivity index (χ0n) is 80.2. The monoisotopic (exact) mass is 1850 g/mol. The van der Waals surface area contributed by atoms with Crippen LogP contribution in [-0.2, 0) is 57.1 Å². The highest BCUT2D eigenvalue weighted by atomic mass is 33.1. The number of pyridine rings is 2. The van der Waals surface area contributed by atoms with Gasteiger partial charge in [-0.15, -0.1) is 0 Å². The Hall–Kier alpha value is -10.0. The van der Waals surface area contributed by atoms with Crippen molar-refractivity contribution in [1.29, 1.82) is 0 Å². The van der Waals surface area contributed by atoms with Crippen LogP contribution in [0.1, 0.15) is 290 Å². The molecule has 38 nitrogen and oxygen atoms in total. The predicted molar refractivity (Wildman–Crippen MR) is 487 cm³/mol. The van der Waals surface area contributed by atoms with Gasteiger partial charge in [0.25, 0.3) is 11.8 Å². The van der Waals surface area contributed by atoms with Gasteiger partial charge in [-0.3, -0.25) is 28.8 Å². The predicted octanol–water partition coefficient (Wildman–Crippen LogP) is 12.5. The summed E-state index contributed by atoms with van der Waals surface area (Å²) in [6, 6.07) is 2.42. The lowest BCUT2D eigenvalue weighted by Crippen LogP contribution is -2.49. The summed E-state index contributed by atoms with van der Waals surface area (Å²) in [6.07, 6.45) is 2.49. The first-order valence-electron chi connectivity index (χ1n) is 44.0. The van der Waals surface area contributed by atoms with Crippen molar-refractivity contribution in [3.63, 3.8) is 0 Å². The Kier molecular flexibility index (Phi) is 49.7. The number of hydrogen-bond donors (Lipinski definition) is 12. The topological polar surface area (TPSA) is 489 Å². The first kappa shape index (κ1) is 114. The van der Waals surface area contributed by atoms with E-state index in [0.29, 0.717) is 61.4 Å². The van der Waals surface area contributed by atoms with E-state index in [-0.39, 0.29) is 141 Å². The molecule has 0 radical (unpaired) electrons. The highest BCUT2D eigenvalue weighted by Gasteiger charge is 2.32. The molecule has 12 N–H and O–H groups in total. The van der Waals surface area contributed by atoms with Crippen molar-refractivity contribution in [1.82, 2.24) is 83.6 Å². The Morgan fingerprint density at radius 3 is 0.633 bits per heavy atom. The van der Waals surface area contributed by atoms with E-state index in [1.165, 1.54) is 34.0 Å². The summed E-state index contributed by atoms with van der Waals surface area (Å²) in [5, 5.41) is 33.9. The number of carbonyl (C=O) groups is 14. The standard InChI is InChI=1S/C88H150N16O22S2/c1-81(2,3)119-73(111)93-45-29-25-37-61(99-77(115)123-85(13,14)15)67(105)89-49-33-53-103(54-34-50-90-68(106)62(100-78(116)124-86(16,17)18)38-26-30-46-94-74(112)120-82(4,5)6)71(109)59-41-43-65(97-57-59)127-128-66-44-42-60(58-98-66)72(110)104(55-35-51-91-69(107)63(101-79(117)125-87(19,20)21)39-27-31-47-95-75(113)121-83(7,8)9)56-36-52-92-70(108)64(102-80(118)126-88(22,23)24)40-28-32-48-96-76(114)122-84(10,11)12/h41-44,57-58,61-64H,25-40,45-56H2,1-24H3,(H,89,105)(H,90,106)(H,91,107)(H,92,108)(H,93,111)(H,94,112)(H,95,113)(H,96,114)(H,99,115)(H,100,116)(H,101,117)(H,102,118)/t61-,62-,63-,64-/m0/s1. The maximum Gasteiger partial charge on any atom is 0.408 e. The van der Waals surface area contributed by atoms with Crippen LogP contribution in [0.25, 0.3) is 0 Å². The van der Waals surface area contributed by atoms with Crippen molar-refractivity contribution in [2.45, 2.75) is 348 Å². The van der Waals surface area contributed by atoms with Crippen LogP contribution in [0.3, 0.4) is 0 Å². The van der Waals surface area contributed by atoms with Crippen molar-refractivity contribution in [3.05, 3.63) is 47.8 Å². The van der Waals surface area contributed by atoms with E-state index in [1.54, 1.807) is 200 Å². The maximum absolute atomic E-state index is 14.6. The van der Waals surface area contributed by atoms with Gasteiger partial charge < -0.3 is 111 Å². The second-order valence-corrected chi connectivity index (χ2v) is 40.8. The molecule has 0 aliphatic carbocycles. The van der Waals surface area contributed by atoms with E-state index in [2.05, 4.69) is 73.8 Å². The summed E-state index contributed by atoms with van der Waals surface area (Å²) in [5.41, 5.74) is -5.84. The molecule has 0 aliphatic rings. The van der Waals surface area contributed by atoms with Crippen LogP contribution in [0.4, 0.5) is 38.4 Å². The van der Waals surface area contributed by atoms with Gasteiger partial charge in [-0.05, 0) is 315 Å². The van der Waals surface area contributed by atoms with E-state index in [0.717, 1.165) is 0 Å². The Morgan fingerprint density at radius 2 is 0.453 bits per heavy atom. The van der Waals surface area contributed by atoms with Crippen LogP contribution in [-0.4, -0.2) is 251 Å². The minimum atomic E-state index is -1.03. The van der Waals surface area contributed by atoms with Gasteiger partial charge in [0.15, 0.2) is 0 Å². The molecule has 0 unspecified atom stereocenters. The summed E-state index contributed by atoms with van der Waals surface area (Å²) < 4.78 is 43.2. The van der Waals surface area contributed by atoms with Crippen molar-refractivity contribution in [2.75, 3.05) is 78.5 Å². The number of rotatable bonds is 49. The minimum Gasteiger partial charge on any atom is -0.444 e. The number of alkyl carbamates (subject to hydrolysis) is 8. The van der Waals surface area contributed by atoms with Gasteiger partial charge in [0.1, 0.15) is 79.0 Å². The number of ether oxygens (including phenoxy) is 8. The molecular weight excluding hydrogens is 1700 g/mol. The number of nitrogens with zero attached hydrogens (tertiary/aromatic N) is 4. The fraction of sp³-hybridized carbons (Fsp3) is 0.727. The molecule has 0 saturated carbocycles. The molecule has 14 amide bonds. The largest absolute Gasteiger partial charge is 0.444 e. The second kappa shape index (κ2) is 55.8. The zero-order valence-corrected chi connectivity index (χ0v) is 81.8. The molecule has 128 heavy (non-hydrogen) atoms. The van der Waals surface area contributed by atoms with Crippen LogP contribution in [0, 0.1) is 0 Å². The van der Waals surface area contributed by atoms with E-state index < -0.39 is 153 Å². The fourth-order valence-electron chi connectivity index (χ4n) is 11.4. The summed E-state index contributed by atoms with van der Waals surface area (Å²) in [6.45, 7) is 43.0. The molecule has 4 atom stereocenters. The Balaban J connectivity index is 2.49. The number of carbonyl (C=O) groups excluding carboxylic acids is 14. The first-order valence-corrected chi connectivity index (χ1v) is 46.2. The molecule has 2 aromatic rings. The van der Waals surface area contributed by atoms with E-state index >= 15 is 0 Å². The highest BCUT2D eigenvalue weighted by Crippen LogP contribution is 2.35. The average molecular weight is 1850 g/mol. The van der Waals surface area contributed by atoms with Gasteiger partial charge in [-0.2, -0.15) is 0 Å². The number of nitrogens with one attached hydrogen (secondary N) is 12. The third-order valence-corrected chi connectivity index (χ3v) is 18.9. The second-order valence-electron chi connectivity index (χ2n) is 38.6. The zero-order chi connectivity index (χ0) is 96.9. The quantitative estimate of drug-likeness (QED) is 0.0166. The Labute approximate surface area is 764 Å². The molecule has 2 heterocycles. The minimum absolute atomic E-state index is 0.0659. The third-order valence-electron chi connectivity index (χ3n) is 16.8. The molecule has 0 aromatic carbocycles. The SMILES string of the molecule is CC(C)(C)OC(=O)NCCCC[C@H](NC(=O)OC(C)(C)C)C(=O)NCCCN(CCCNC(=O)[C@H](CCCCNC(=O)OC(C)(C)C)NC(=O)OC(C)(C)C)C(=O)c1ccc(SSc2ccc(C(=O)N(CCCNC(=O)[C@H](CCCCNC(=O)OC(C)(C)C)NC(=O)OC(C)(C)C)CCCNC(=O)[C@H](CCCCNC(=O)OC(C)(C)C)NC(=O)OC(C)(C)C)cn2)nc1. The van der Waals surface area contributed by atoms with Crippen molar-refractivity contribution >= 4 is 106 Å². The Morgan fingerprint density at radius 1 is 0.266 bits per heavy atom. The van der Waals surface area contributed by atoms with Gasteiger partial charge in [-0.25, -0.2) is 48.3 Å². The van der Waals surface area contributed by atoms with Gasteiger partial charge in [0.05, 0.1) is 11.1 Å². The summed E-state index contributed by atoms with van der Waals surface area (Å²) in [5.74, 6) is -2.88. The van der Waals surface area contributed by atoms with Gasteiger partial charge >= 0.3 is 48.7 Å². The van der Waals surface area contributed by atoms with Crippen molar-refractivity contribution in [3.8, 4) is 0 Å². The van der Waals surface area contributed by atoms with Crippen LogP contribution in [0.5, 0.6) is 0 Å². The normalized spacial score (nSPS) is 12.8. The van der Waals surface area contributed by atoms with Crippen LogP contribution >= 0.6 is 21.6 Å². The van der Waals surface area contributed by atoms with Crippen LogP contribution < -0.4 is 63.8 Å². The maximum atomic E-state index is 14.6. The molecule has 2 rings (SSSR count). The van der Waals surface area contributed by atoms with Gasteiger partial charge in [-0.1, -0.05) is 0 Å². The summed E-state index contributed by atoms with van der Waals surface area (Å²) in [7, 11) is 2.45. The van der Waals surface area contributed by atoms with Gasteiger partial charge in [0, 0.05) is 90.9 Å². The lowest BCUT2D eigenvalue weighted by Gasteiger charge is -2.25. The molecule has 0 saturated heterocycles. The van der Waals surface area contributed by atoms with E-state index in [9.17, 15) is 67.1 Å². The number of amides is 14. The molecule has 2 aromatic heterocycles. The molecule has 0 bridgehead atoms. The fourth-order valence-corrected chi connectivity index (χ4v) is 13.1. The first-order chi connectivity index (χ1) is 59.2. The van der Waals surface area contributed by atoms with Gasteiger partial charge in [0.2, 0.25) is 23.6 Å². The van der Waals surface area contributed by atoms with Crippen LogP contribution in [0.2, 0.25) is 0 Å². The molecule has 40 heteroatoms.